The van der Waals surface area contributed by atoms with Crippen LogP contribution in [0.1, 0.15) is 11.1 Å². The highest BCUT2D eigenvalue weighted by Crippen LogP contribution is 2.20. The predicted molar refractivity (Wildman–Crippen MR) is 106 cm³/mol. The molecule has 0 atom stereocenters. The van der Waals surface area contributed by atoms with Crippen LogP contribution < -0.4 is 5.32 Å². The number of amides is 2. The van der Waals surface area contributed by atoms with E-state index in [9.17, 15) is 4.79 Å². The quantitative estimate of drug-likeness (QED) is 0.755. The number of aromatic nitrogens is 4. The largest absolute Gasteiger partial charge is 0.322 e. The third-order valence-electron chi connectivity index (χ3n) is 4.98. The van der Waals surface area contributed by atoms with Crippen molar-refractivity contribution in [1.82, 2.24) is 30.0 Å². The molecule has 0 radical (unpaired) electrons. The van der Waals surface area contributed by atoms with E-state index in [1.54, 1.807) is 4.68 Å². The Hall–Kier alpha value is -3.26. The zero-order valence-electron chi connectivity index (χ0n) is 15.8. The number of aryl methyl sites for hydroxylation is 1. The first-order chi connectivity index (χ1) is 13.7. The fourth-order valence-electron chi connectivity index (χ4n) is 3.31. The van der Waals surface area contributed by atoms with Gasteiger partial charge in [-0.15, -0.1) is 5.10 Å². The number of nitrogens with one attached hydrogen (secondary N) is 1. The van der Waals surface area contributed by atoms with Crippen molar-refractivity contribution in [3.05, 3.63) is 66.0 Å². The Labute approximate surface area is 163 Å². The van der Waals surface area contributed by atoms with Crippen LogP contribution in [-0.4, -0.2) is 62.2 Å². The van der Waals surface area contributed by atoms with Gasteiger partial charge in [-0.05, 0) is 40.6 Å². The first-order valence-corrected chi connectivity index (χ1v) is 9.35. The van der Waals surface area contributed by atoms with Gasteiger partial charge in [0.25, 0.3) is 0 Å². The van der Waals surface area contributed by atoms with Crippen LogP contribution in [-0.2, 0) is 6.54 Å². The highest BCUT2D eigenvalue weighted by atomic mass is 16.2. The number of carbonyl (C=O) groups is 1. The Balaban J connectivity index is 1.35. The van der Waals surface area contributed by atoms with E-state index in [2.05, 4.69) is 50.0 Å². The van der Waals surface area contributed by atoms with Crippen molar-refractivity contribution in [2.75, 3.05) is 31.5 Å². The van der Waals surface area contributed by atoms with Crippen molar-refractivity contribution < 1.29 is 4.79 Å². The van der Waals surface area contributed by atoms with Crippen LogP contribution >= 0.6 is 0 Å². The SMILES string of the molecule is Cc1ccc(-n2cnnn2)cc1NC(=O)N1CCN(Cc2ccccc2)CC1. The summed E-state index contributed by atoms with van der Waals surface area (Å²) in [5.41, 5.74) is 3.87. The van der Waals surface area contributed by atoms with Gasteiger partial charge < -0.3 is 10.2 Å². The second-order valence-corrected chi connectivity index (χ2v) is 6.93. The summed E-state index contributed by atoms with van der Waals surface area (Å²) in [7, 11) is 0. The molecule has 1 fully saturated rings. The van der Waals surface area contributed by atoms with Crippen molar-refractivity contribution in [3.8, 4) is 5.69 Å². The molecule has 1 saturated heterocycles. The van der Waals surface area contributed by atoms with Gasteiger partial charge in [0, 0.05) is 38.4 Å². The third-order valence-corrected chi connectivity index (χ3v) is 4.98. The molecule has 2 aromatic carbocycles. The van der Waals surface area contributed by atoms with Gasteiger partial charge in [-0.2, -0.15) is 0 Å². The Bertz CT molecular complexity index is 919. The van der Waals surface area contributed by atoms with Crippen molar-refractivity contribution >= 4 is 11.7 Å². The van der Waals surface area contributed by atoms with Crippen LogP contribution in [0.4, 0.5) is 10.5 Å². The number of anilines is 1. The Morgan fingerprint density at radius 1 is 1.07 bits per heavy atom. The van der Waals surface area contributed by atoms with Crippen LogP contribution in [0.5, 0.6) is 0 Å². The molecule has 0 aliphatic carbocycles. The third kappa shape index (κ3) is 4.17. The van der Waals surface area contributed by atoms with E-state index >= 15 is 0 Å². The number of benzene rings is 2. The molecule has 1 aliphatic heterocycles. The highest BCUT2D eigenvalue weighted by Gasteiger charge is 2.21. The Kier molecular flexibility index (Phi) is 5.29. The lowest BCUT2D eigenvalue weighted by molar-refractivity contribution is 0.143. The summed E-state index contributed by atoms with van der Waals surface area (Å²) in [4.78, 5) is 17.0. The Morgan fingerprint density at radius 3 is 2.57 bits per heavy atom. The molecule has 4 rings (SSSR count). The number of carbonyl (C=O) groups excluding carboxylic acids is 1. The standard InChI is InChI=1S/C20H23N7O/c1-16-7-8-18(27-15-21-23-24-27)13-19(16)22-20(28)26-11-9-25(10-12-26)14-17-5-3-2-4-6-17/h2-8,13,15H,9-12,14H2,1H3,(H,22,28). The zero-order valence-corrected chi connectivity index (χ0v) is 15.8. The summed E-state index contributed by atoms with van der Waals surface area (Å²) in [6.45, 7) is 6.05. The fourth-order valence-corrected chi connectivity index (χ4v) is 3.31. The van der Waals surface area contributed by atoms with Gasteiger partial charge in [-0.3, -0.25) is 4.90 Å². The minimum Gasteiger partial charge on any atom is -0.322 e. The number of rotatable bonds is 4. The lowest BCUT2D eigenvalue weighted by Crippen LogP contribution is -2.49. The van der Waals surface area contributed by atoms with Crippen LogP contribution in [0, 0.1) is 6.92 Å². The minimum atomic E-state index is -0.0728. The molecule has 1 aromatic heterocycles. The monoisotopic (exact) mass is 377 g/mol. The zero-order chi connectivity index (χ0) is 19.3. The summed E-state index contributed by atoms with van der Waals surface area (Å²) >= 11 is 0. The lowest BCUT2D eigenvalue weighted by Gasteiger charge is -2.34. The highest BCUT2D eigenvalue weighted by molar-refractivity contribution is 5.90. The fraction of sp³-hybridized carbons (Fsp3) is 0.300. The number of piperazine rings is 1. The molecular weight excluding hydrogens is 354 g/mol. The number of nitrogens with zero attached hydrogens (tertiary/aromatic N) is 6. The molecule has 1 N–H and O–H groups in total. The van der Waals surface area contributed by atoms with Crippen LogP contribution in [0.25, 0.3) is 5.69 Å². The number of hydrogen-bond donors (Lipinski definition) is 1. The second-order valence-electron chi connectivity index (χ2n) is 6.93. The van der Waals surface area contributed by atoms with Crippen molar-refractivity contribution in [1.29, 1.82) is 0 Å². The molecule has 8 heteroatoms. The number of urea groups is 1. The van der Waals surface area contributed by atoms with E-state index in [0.29, 0.717) is 13.1 Å². The molecule has 144 valence electrons. The summed E-state index contributed by atoms with van der Waals surface area (Å²) in [6.07, 6.45) is 1.53. The summed E-state index contributed by atoms with van der Waals surface area (Å²) in [6, 6.07) is 16.1. The average molecular weight is 377 g/mol. The first kappa shape index (κ1) is 18.1. The van der Waals surface area contributed by atoms with E-state index in [-0.39, 0.29) is 6.03 Å². The van der Waals surface area contributed by atoms with Crippen LogP contribution in [0.3, 0.4) is 0 Å². The molecule has 0 saturated carbocycles. The number of tetrazole rings is 1. The van der Waals surface area contributed by atoms with Crippen LogP contribution in [0.2, 0.25) is 0 Å². The van der Waals surface area contributed by atoms with E-state index in [1.807, 2.05) is 36.1 Å². The molecule has 2 heterocycles. The van der Waals surface area contributed by atoms with Gasteiger partial charge in [0.05, 0.1) is 5.69 Å². The van der Waals surface area contributed by atoms with Crippen molar-refractivity contribution in [2.45, 2.75) is 13.5 Å². The van der Waals surface area contributed by atoms with Gasteiger partial charge in [-0.1, -0.05) is 36.4 Å². The van der Waals surface area contributed by atoms with E-state index in [1.165, 1.54) is 11.9 Å². The van der Waals surface area contributed by atoms with E-state index < -0.39 is 0 Å². The first-order valence-electron chi connectivity index (χ1n) is 9.35. The summed E-state index contributed by atoms with van der Waals surface area (Å²) in [5.74, 6) is 0. The second kappa shape index (κ2) is 8.18. The molecule has 0 unspecified atom stereocenters. The molecule has 28 heavy (non-hydrogen) atoms. The molecular formula is C20H23N7O. The van der Waals surface area contributed by atoms with E-state index in [4.69, 9.17) is 0 Å². The maximum atomic E-state index is 12.7. The Morgan fingerprint density at radius 2 is 1.86 bits per heavy atom. The molecule has 0 spiro atoms. The van der Waals surface area contributed by atoms with Crippen LogP contribution in [0.15, 0.2) is 54.9 Å². The van der Waals surface area contributed by atoms with E-state index in [0.717, 1.165) is 36.6 Å². The molecule has 1 aliphatic rings. The van der Waals surface area contributed by atoms with Crippen molar-refractivity contribution in [3.63, 3.8) is 0 Å². The lowest BCUT2D eigenvalue weighted by atomic mass is 10.2. The van der Waals surface area contributed by atoms with Gasteiger partial charge in [0.15, 0.2) is 0 Å². The smallest absolute Gasteiger partial charge is 0.321 e. The normalized spacial score (nSPS) is 14.8. The summed E-state index contributed by atoms with van der Waals surface area (Å²) < 4.78 is 1.57. The van der Waals surface area contributed by atoms with Gasteiger partial charge in [0.1, 0.15) is 6.33 Å². The predicted octanol–water partition coefficient (Wildman–Crippen LogP) is 2.32. The maximum absolute atomic E-state index is 12.7. The number of hydrogen-bond acceptors (Lipinski definition) is 5. The topological polar surface area (TPSA) is 79.2 Å². The van der Waals surface area contributed by atoms with Gasteiger partial charge in [0.2, 0.25) is 0 Å². The molecule has 3 aromatic rings. The maximum Gasteiger partial charge on any atom is 0.321 e. The minimum absolute atomic E-state index is 0.0728. The molecule has 2 amide bonds. The molecule has 8 nitrogen and oxygen atoms in total. The van der Waals surface area contributed by atoms with Crippen molar-refractivity contribution in [2.24, 2.45) is 0 Å². The van der Waals surface area contributed by atoms with Gasteiger partial charge in [-0.25, -0.2) is 9.48 Å². The summed E-state index contributed by atoms with van der Waals surface area (Å²) in [5, 5.41) is 14.2. The average Bonchev–Trinajstić information content (AvgIpc) is 3.26. The van der Waals surface area contributed by atoms with Gasteiger partial charge >= 0.3 is 6.03 Å². The molecule has 0 bridgehead atoms.